The van der Waals surface area contributed by atoms with Crippen LogP contribution in [0.25, 0.3) is 0 Å². The quantitative estimate of drug-likeness (QED) is 0.212. The van der Waals surface area contributed by atoms with Crippen LogP contribution in [0.4, 0.5) is 0 Å². The van der Waals surface area contributed by atoms with E-state index < -0.39 is 0 Å². The fraction of sp³-hybridized carbons (Fsp3) is 1.00. The molecule has 4 heteroatoms. The van der Waals surface area contributed by atoms with Crippen molar-refractivity contribution in [1.29, 1.82) is 0 Å². The summed E-state index contributed by atoms with van der Waals surface area (Å²) in [6.45, 7) is 0. The lowest BCUT2D eigenvalue weighted by Crippen LogP contribution is -2.22. The minimum Gasteiger partial charge on any atom is -0.175 e. The minimum absolute atomic E-state index is 0.719. The van der Waals surface area contributed by atoms with Crippen molar-refractivity contribution >= 4 is 68.3 Å². The van der Waals surface area contributed by atoms with E-state index in [2.05, 4.69) is 69.6 Å². The summed E-state index contributed by atoms with van der Waals surface area (Å²) in [4.78, 5) is 0. The molecule has 1 rings (SSSR count). The third-order valence-corrected chi connectivity index (χ3v) is 7.63. The van der Waals surface area contributed by atoms with Crippen molar-refractivity contribution in [3.05, 3.63) is 0 Å². The maximum absolute atomic E-state index is 2.59. The Kier molecular flexibility index (Phi) is 7.55. The molecule has 0 amide bonds. The molecule has 13 heavy (non-hydrogen) atoms. The van der Waals surface area contributed by atoms with Crippen LogP contribution in [0, 0.1) is 5.92 Å². The Hall–Kier alpha value is 2.15. The largest absolute Gasteiger partial charge is 0.175 e. The molecule has 0 aromatic heterocycles. The van der Waals surface area contributed by atoms with Gasteiger partial charge in [0, 0.05) is 45.7 Å². The predicted octanol–water partition coefficient (Wildman–Crippen LogP) is 5.11. The molecule has 0 radical (unpaired) electrons. The number of nitrogens with zero attached hydrogens (tertiary/aromatic N) is 1. The van der Waals surface area contributed by atoms with E-state index in [1.165, 1.54) is 44.9 Å². The van der Waals surface area contributed by atoms with Crippen LogP contribution in [0.5, 0.6) is 0 Å². The molecule has 1 saturated carbocycles. The third-order valence-electron chi connectivity index (χ3n) is 2.73. The highest BCUT2D eigenvalue weighted by atomic mass is 127. The van der Waals surface area contributed by atoms with E-state index in [9.17, 15) is 0 Å². The van der Waals surface area contributed by atoms with E-state index in [4.69, 9.17) is 0 Å². The summed E-state index contributed by atoms with van der Waals surface area (Å²) in [5.74, 6) is 0.926. The van der Waals surface area contributed by atoms with Gasteiger partial charge in [-0.2, -0.15) is 1.33 Å². The van der Waals surface area contributed by atoms with Gasteiger partial charge >= 0.3 is 0 Å². The molecular formula is C9H16I3N. The molecule has 0 aromatic carbocycles. The van der Waals surface area contributed by atoms with E-state index in [-0.39, 0.29) is 0 Å². The maximum Gasteiger partial charge on any atom is 0.0839 e. The van der Waals surface area contributed by atoms with Crippen molar-refractivity contribution in [1.82, 2.24) is 1.33 Å². The lowest BCUT2D eigenvalue weighted by Gasteiger charge is -2.26. The third kappa shape index (κ3) is 5.14. The first-order chi connectivity index (χ1) is 6.22. The Morgan fingerprint density at radius 2 is 1.38 bits per heavy atom. The van der Waals surface area contributed by atoms with Crippen molar-refractivity contribution < 1.29 is 0 Å². The molecule has 78 valence electrons. The summed E-state index contributed by atoms with van der Waals surface area (Å²) < 4.78 is 3.03. The molecule has 0 N–H and O–H groups in total. The summed E-state index contributed by atoms with van der Waals surface area (Å²) in [5.41, 5.74) is 0. The molecule has 1 fully saturated rings. The summed E-state index contributed by atoms with van der Waals surface area (Å²) in [7, 11) is 0. The number of rotatable bonds is 2. The molecule has 0 saturated heterocycles. The summed E-state index contributed by atoms with van der Waals surface area (Å²) in [6.07, 6.45) is 10.2. The fourth-order valence-corrected chi connectivity index (χ4v) is 3.55. The molecule has 0 heterocycles. The summed E-state index contributed by atoms with van der Waals surface area (Å²) in [5, 5.41) is 0. The van der Waals surface area contributed by atoms with Gasteiger partial charge in [-0.25, -0.2) is 0 Å². The van der Waals surface area contributed by atoms with Gasteiger partial charge in [0.25, 0.3) is 0 Å². The molecule has 0 spiro atoms. The van der Waals surface area contributed by atoms with Crippen LogP contribution in [0.1, 0.15) is 44.9 Å². The first-order valence-corrected chi connectivity index (χ1v) is 8.14. The molecule has 0 bridgehead atoms. The van der Waals surface area contributed by atoms with Gasteiger partial charge in [0.1, 0.15) is 0 Å². The summed E-state index contributed by atoms with van der Waals surface area (Å²) >= 11 is 7.40. The Bertz CT molecular complexity index is 133. The fourth-order valence-electron chi connectivity index (χ4n) is 1.92. The second-order valence-corrected chi connectivity index (χ2v) is 8.94. The standard InChI is InChI=1S/C9H16I3N/c10-9(13(11)12)8-6-4-2-1-3-5-7-8/h8-9H,1-7H2. The van der Waals surface area contributed by atoms with E-state index in [0.717, 1.165) is 9.97 Å². The van der Waals surface area contributed by atoms with Crippen molar-refractivity contribution in [3.63, 3.8) is 0 Å². The average molecular weight is 519 g/mol. The smallest absolute Gasteiger partial charge is 0.0839 e. The van der Waals surface area contributed by atoms with Crippen LogP contribution in [0.15, 0.2) is 0 Å². The molecule has 1 unspecified atom stereocenters. The molecule has 0 aromatic rings. The Morgan fingerprint density at radius 3 is 1.85 bits per heavy atom. The van der Waals surface area contributed by atoms with Crippen molar-refractivity contribution in [3.8, 4) is 0 Å². The maximum atomic E-state index is 2.59. The number of halogens is 3. The molecule has 1 aliphatic carbocycles. The molecular weight excluding hydrogens is 503 g/mol. The van der Waals surface area contributed by atoms with Gasteiger partial charge in [-0.1, -0.05) is 54.7 Å². The van der Waals surface area contributed by atoms with Gasteiger partial charge < -0.3 is 0 Å². The topological polar surface area (TPSA) is 3.24 Å². The predicted molar refractivity (Wildman–Crippen MR) is 83.5 cm³/mol. The molecule has 1 nitrogen and oxygen atoms in total. The molecule has 1 aliphatic rings. The number of hydrogen-bond acceptors (Lipinski definition) is 1. The zero-order valence-corrected chi connectivity index (χ0v) is 14.2. The molecule has 0 aliphatic heterocycles. The monoisotopic (exact) mass is 519 g/mol. The zero-order chi connectivity index (χ0) is 9.68. The van der Waals surface area contributed by atoms with Crippen molar-refractivity contribution in [2.24, 2.45) is 5.92 Å². The van der Waals surface area contributed by atoms with Crippen LogP contribution >= 0.6 is 68.3 Å². The Balaban J connectivity index is 2.36. The van der Waals surface area contributed by atoms with E-state index in [0.29, 0.717) is 0 Å². The zero-order valence-electron chi connectivity index (χ0n) is 7.69. The number of alkyl halides is 1. The normalized spacial score (nSPS) is 24.0. The second-order valence-electron chi connectivity index (χ2n) is 3.74. The highest BCUT2D eigenvalue weighted by Gasteiger charge is 2.22. The second kappa shape index (κ2) is 7.43. The first kappa shape index (κ1) is 13.2. The van der Waals surface area contributed by atoms with Crippen LogP contribution in [-0.2, 0) is 0 Å². The van der Waals surface area contributed by atoms with Crippen LogP contribution < -0.4 is 0 Å². The highest BCUT2D eigenvalue weighted by molar-refractivity contribution is 14.2. The van der Waals surface area contributed by atoms with Crippen LogP contribution in [0.3, 0.4) is 0 Å². The highest BCUT2D eigenvalue weighted by Crippen LogP contribution is 2.33. The van der Waals surface area contributed by atoms with E-state index in [1.54, 1.807) is 0 Å². The van der Waals surface area contributed by atoms with Gasteiger partial charge in [0.05, 0.1) is 4.05 Å². The van der Waals surface area contributed by atoms with Crippen molar-refractivity contribution in [2.45, 2.75) is 49.0 Å². The lowest BCUT2D eigenvalue weighted by atomic mass is 9.91. The van der Waals surface area contributed by atoms with Crippen LogP contribution in [-0.4, -0.2) is 5.38 Å². The average Bonchev–Trinajstić information content (AvgIpc) is 2.02. The Morgan fingerprint density at radius 1 is 0.923 bits per heavy atom. The van der Waals surface area contributed by atoms with Gasteiger partial charge in [-0.05, 0) is 18.8 Å². The van der Waals surface area contributed by atoms with Gasteiger partial charge in [0.15, 0.2) is 0 Å². The van der Waals surface area contributed by atoms with Gasteiger partial charge in [0.2, 0.25) is 0 Å². The van der Waals surface area contributed by atoms with Gasteiger partial charge in [-0.3, -0.25) is 0 Å². The number of hydrogen-bond donors (Lipinski definition) is 0. The summed E-state index contributed by atoms with van der Waals surface area (Å²) in [6, 6.07) is 0. The SMILES string of the molecule is IC(C1CCCCCCC1)N(I)I. The van der Waals surface area contributed by atoms with E-state index >= 15 is 0 Å². The lowest BCUT2D eigenvalue weighted by molar-refractivity contribution is 0.356. The van der Waals surface area contributed by atoms with Crippen LogP contribution in [0.2, 0.25) is 0 Å². The first-order valence-electron chi connectivity index (χ1n) is 4.96. The Labute approximate surface area is 123 Å². The van der Waals surface area contributed by atoms with Gasteiger partial charge in [-0.15, -0.1) is 0 Å². The molecule has 1 atom stereocenters. The van der Waals surface area contributed by atoms with Crippen molar-refractivity contribution in [2.75, 3.05) is 0 Å². The van der Waals surface area contributed by atoms with E-state index in [1.807, 2.05) is 0 Å². The minimum atomic E-state index is 0.719.